The predicted molar refractivity (Wildman–Crippen MR) is 55.2 cm³/mol. The van der Waals surface area contributed by atoms with Gasteiger partial charge in [0.05, 0.1) is 12.2 Å². The van der Waals surface area contributed by atoms with Crippen molar-refractivity contribution in [3.05, 3.63) is 23.9 Å². The van der Waals surface area contributed by atoms with E-state index in [1.54, 1.807) is 10.7 Å². The van der Waals surface area contributed by atoms with Gasteiger partial charge in [-0.25, -0.2) is 0 Å². The van der Waals surface area contributed by atoms with E-state index >= 15 is 0 Å². The number of phenolic OH excluding ortho intramolecular Hbond substituents is 1. The lowest BCUT2D eigenvalue weighted by Crippen LogP contribution is -2.10. The number of hydrogen-bond acceptors (Lipinski definition) is 3. The van der Waals surface area contributed by atoms with Crippen molar-refractivity contribution in [2.45, 2.75) is 13.5 Å². The maximum absolute atomic E-state index is 9.69. The van der Waals surface area contributed by atoms with E-state index in [2.05, 4.69) is 5.10 Å². The van der Waals surface area contributed by atoms with Crippen molar-refractivity contribution in [3.63, 3.8) is 0 Å². The molecule has 2 rings (SSSR count). The van der Waals surface area contributed by atoms with Crippen molar-refractivity contribution in [3.8, 4) is 5.75 Å². The van der Waals surface area contributed by atoms with Gasteiger partial charge in [-0.2, -0.15) is 5.10 Å². The number of para-hydroxylation sites is 1. The molecule has 3 N–H and O–H groups in total. The number of aromatic hydroxyl groups is 1. The Balaban J connectivity index is 2.72. The Kier molecular flexibility index (Phi) is 2.13. The summed E-state index contributed by atoms with van der Waals surface area (Å²) in [4.78, 5) is 0. The van der Waals surface area contributed by atoms with Crippen LogP contribution in [0.2, 0.25) is 0 Å². The molecule has 74 valence electrons. The van der Waals surface area contributed by atoms with E-state index in [0.29, 0.717) is 13.1 Å². The molecule has 1 heterocycles. The summed E-state index contributed by atoms with van der Waals surface area (Å²) in [6, 6.07) is 5.43. The average molecular weight is 191 g/mol. The molecular formula is C10H13N3O. The number of nitrogens with two attached hydrogens (primary N) is 1. The smallest absolute Gasteiger partial charge is 0.141 e. The Hall–Kier alpha value is -1.55. The number of phenols is 1. The number of rotatable bonds is 2. The van der Waals surface area contributed by atoms with Gasteiger partial charge in [0.1, 0.15) is 11.3 Å². The van der Waals surface area contributed by atoms with Crippen LogP contribution < -0.4 is 5.73 Å². The summed E-state index contributed by atoms with van der Waals surface area (Å²) in [6.45, 7) is 3.07. The highest BCUT2D eigenvalue weighted by atomic mass is 16.3. The zero-order valence-corrected chi connectivity index (χ0v) is 8.07. The third-order valence-electron chi connectivity index (χ3n) is 2.27. The summed E-state index contributed by atoms with van der Waals surface area (Å²) in [5, 5.41) is 15.0. The monoisotopic (exact) mass is 191 g/mol. The quantitative estimate of drug-likeness (QED) is 0.744. The van der Waals surface area contributed by atoms with Crippen LogP contribution in [0.3, 0.4) is 0 Å². The zero-order chi connectivity index (χ0) is 10.1. The van der Waals surface area contributed by atoms with Crippen LogP contribution in [0, 0.1) is 6.92 Å². The van der Waals surface area contributed by atoms with Crippen molar-refractivity contribution in [2.24, 2.45) is 5.73 Å². The lowest BCUT2D eigenvalue weighted by molar-refractivity contribution is 0.475. The maximum atomic E-state index is 9.69. The van der Waals surface area contributed by atoms with Gasteiger partial charge in [-0.15, -0.1) is 0 Å². The first-order chi connectivity index (χ1) is 6.74. The van der Waals surface area contributed by atoms with Gasteiger partial charge < -0.3 is 10.8 Å². The average Bonchev–Trinajstić information content (AvgIpc) is 2.46. The standard InChI is InChI=1S/C10H13N3O/c1-7-8-3-2-4-9(14)10(8)13(12-7)6-5-11/h2-4,14H,5-6,11H2,1H3. The van der Waals surface area contributed by atoms with Crippen molar-refractivity contribution in [1.29, 1.82) is 0 Å². The van der Waals surface area contributed by atoms with E-state index in [-0.39, 0.29) is 5.75 Å². The molecule has 0 radical (unpaired) electrons. The molecule has 2 aromatic rings. The van der Waals surface area contributed by atoms with Gasteiger partial charge in [0.15, 0.2) is 0 Å². The fourth-order valence-corrected chi connectivity index (χ4v) is 1.66. The molecule has 4 nitrogen and oxygen atoms in total. The lowest BCUT2D eigenvalue weighted by Gasteiger charge is -2.01. The molecular weight excluding hydrogens is 178 g/mol. The first-order valence-corrected chi connectivity index (χ1v) is 4.59. The second-order valence-corrected chi connectivity index (χ2v) is 3.27. The molecule has 0 saturated heterocycles. The largest absolute Gasteiger partial charge is 0.506 e. The van der Waals surface area contributed by atoms with Gasteiger partial charge >= 0.3 is 0 Å². The minimum absolute atomic E-state index is 0.261. The minimum Gasteiger partial charge on any atom is -0.506 e. The van der Waals surface area contributed by atoms with E-state index in [1.165, 1.54) is 0 Å². The summed E-state index contributed by atoms with van der Waals surface area (Å²) >= 11 is 0. The Morgan fingerprint density at radius 2 is 2.29 bits per heavy atom. The van der Waals surface area contributed by atoms with E-state index in [1.807, 2.05) is 19.1 Å². The second-order valence-electron chi connectivity index (χ2n) is 3.27. The maximum Gasteiger partial charge on any atom is 0.141 e. The zero-order valence-electron chi connectivity index (χ0n) is 8.07. The second kappa shape index (κ2) is 3.31. The molecule has 0 saturated carbocycles. The summed E-state index contributed by atoms with van der Waals surface area (Å²) in [7, 11) is 0. The third-order valence-corrected chi connectivity index (χ3v) is 2.27. The SMILES string of the molecule is Cc1nn(CCN)c2c(O)cccc12. The van der Waals surface area contributed by atoms with Gasteiger partial charge in [-0.3, -0.25) is 4.68 Å². The molecule has 0 aliphatic heterocycles. The molecule has 0 aliphatic rings. The highest BCUT2D eigenvalue weighted by Gasteiger charge is 2.09. The third kappa shape index (κ3) is 1.24. The molecule has 0 spiro atoms. The van der Waals surface area contributed by atoms with Crippen LogP contribution in [0.25, 0.3) is 10.9 Å². The van der Waals surface area contributed by atoms with Crippen LogP contribution >= 0.6 is 0 Å². The van der Waals surface area contributed by atoms with E-state index in [0.717, 1.165) is 16.6 Å². The number of benzene rings is 1. The molecule has 0 atom stereocenters. The van der Waals surface area contributed by atoms with Crippen molar-refractivity contribution in [1.82, 2.24) is 9.78 Å². The van der Waals surface area contributed by atoms with Crippen LogP contribution in [0.15, 0.2) is 18.2 Å². The normalized spacial score (nSPS) is 11.0. The topological polar surface area (TPSA) is 64.1 Å². The molecule has 0 fully saturated rings. The molecule has 1 aromatic carbocycles. The van der Waals surface area contributed by atoms with Gasteiger partial charge in [0.2, 0.25) is 0 Å². The molecule has 0 aliphatic carbocycles. The van der Waals surface area contributed by atoms with Gasteiger partial charge in [0, 0.05) is 11.9 Å². The molecule has 14 heavy (non-hydrogen) atoms. The predicted octanol–water partition coefficient (Wildman–Crippen LogP) is 1.01. The number of nitrogens with zero attached hydrogens (tertiary/aromatic N) is 2. The Morgan fingerprint density at radius 1 is 1.50 bits per heavy atom. The highest BCUT2D eigenvalue weighted by molar-refractivity contribution is 5.86. The fraction of sp³-hybridized carbons (Fsp3) is 0.300. The molecule has 0 amide bonds. The van der Waals surface area contributed by atoms with Crippen molar-refractivity contribution in [2.75, 3.05) is 6.54 Å². The Morgan fingerprint density at radius 3 is 3.00 bits per heavy atom. The minimum atomic E-state index is 0.261. The van der Waals surface area contributed by atoms with Crippen molar-refractivity contribution >= 4 is 10.9 Å². The number of hydrogen-bond donors (Lipinski definition) is 2. The summed E-state index contributed by atoms with van der Waals surface area (Å²) in [6.07, 6.45) is 0. The lowest BCUT2D eigenvalue weighted by atomic mass is 10.2. The molecule has 1 aromatic heterocycles. The van der Waals surface area contributed by atoms with Gasteiger partial charge in [-0.05, 0) is 13.0 Å². The van der Waals surface area contributed by atoms with Gasteiger partial charge in [0.25, 0.3) is 0 Å². The summed E-state index contributed by atoms with van der Waals surface area (Å²) in [5.74, 6) is 0.261. The highest BCUT2D eigenvalue weighted by Crippen LogP contribution is 2.26. The summed E-state index contributed by atoms with van der Waals surface area (Å²) in [5.41, 5.74) is 7.16. The van der Waals surface area contributed by atoms with Crippen LogP contribution in [0.1, 0.15) is 5.69 Å². The van der Waals surface area contributed by atoms with E-state index in [4.69, 9.17) is 5.73 Å². The van der Waals surface area contributed by atoms with Crippen LogP contribution in [-0.2, 0) is 6.54 Å². The number of fused-ring (bicyclic) bond motifs is 1. The molecule has 0 unspecified atom stereocenters. The first kappa shape index (κ1) is 9.02. The molecule has 4 heteroatoms. The summed E-state index contributed by atoms with van der Waals surface area (Å²) < 4.78 is 1.75. The van der Waals surface area contributed by atoms with E-state index in [9.17, 15) is 5.11 Å². The van der Waals surface area contributed by atoms with Crippen LogP contribution in [0.4, 0.5) is 0 Å². The van der Waals surface area contributed by atoms with Gasteiger partial charge in [-0.1, -0.05) is 12.1 Å². The first-order valence-electron chi connectivity index (χ1n) is 4.59. The Labute approximate surface area is 81.9 Å². The van der Waals surface area contributed by atoms with Crippen molar-refractivity contribution < 1.29 is 5.11 Å². The van der Waals surface area contributed by atoms with E-state index < -0.39 is 0 Å². The molecule has 0 bridgehead atoms. The fourth-order valence-electron chi connectivity index (χ4n) is 1.66. The Bertz CT molecular complexity index is 462. The van der Waals surface area contributed by atoms with Crippen LogP contribution in [0.5, 0.6) is 5.75 Å². The number of aryl methyl sites for hydroxylation is 1. The van der Waals surface area contributed by atoms with Crippen LogP contribution in [-0.4, -0.2) is 21.4 Å². The number of aromatic nitrogens is 2.